The van der Waals surface area contributed by atoms with E-state index in [1.165, 1.54) is 0 Å². The molecule has 0 saturated carbocycles. The molecule has 2 aromatic rings. The highest BCUT2D eigenvalue weighted by atomic mass is 35.5. The Kier molecular flexibility index (Phi) is 5.91. The Balaban J connectivity index is 1.72. The van der Waals surface area contributed by atoms with Crippen molar-refractivity contribution in [2.75, 3.05) is 11.9 Å². The van der Waals surface area contributed by atoms with Gasteiger partial charge in [0.25, 0.3) is 11.1 Å². The normalized spacial score (nSPS) is 15.4. The highest BCUT2D eigenvalue weighted by molar-refractivity contribution is 8.18. The summed E-state index contributed by atoms with van der Waals surface area (Å²) in [5.41, 5.74) is 4.43. The highest BCUT2D eigenvalue weighted by Crippen LogP contribution is 2.32. The molecule has 144 valence electrons. The van der Waals surface area contributed by atoms with E-state index in [-0.39, 0.29) is 11.4 Å². The number of amides is 3. The summed E-state index contributed by atoms with van der Waals surface area (Å²) < 4.78 is 0. The van der Waals surface area contributed by atoms with Crippen LogP contribution in [0.25, 0.3) is 6.08 Å². The van der Waals surface area contributed by atoms with Crippen molar-refractivity contribution in [3.63, 3.8) is 0 Å². The average Bonchev–Trinajstić information content (AvgIpc) is 2.87. The second-order valence-electron chi connectivity index (χ2n) is 6.64. The van der Waals surface area contributed by atoms with Crippen molar-refractivity contribution in [1.82, 2.24) is 4.90 Å². The number of aryl methyl sites for hydroxylation is 3. The fourth-order valence-corrected chi connectivity index (χ4v) is 4.01. The Hall–Kier alpha value is -2.57. The monoisotopic (exact) mass is 414 g/mol. The van der Waals surface area contributed by atoms with Crippen LogP contribution in [0, 0.1) is 20.8 Å². The molecule has 1 fully saturated rings. The van der Waals surface area contributed by atoms with E-state index in [4.69, 9.17) is 11.6 Å². The summed E-state index contributed by atoms with van der Waals surface area (Å²) in [5, 5.41) is 2.94. The molecule has 1 aliphatic heterocycles. The standard InChI is InChI=1S/C21H19ClN2O3S/c1-12-8-13(2)19(14(3)9-12)23-18(25)11-24-20(26)17(28-21(24)27)10-15-4-6-16(22)7-5-15/h4-10H,11H2,1-3H3,(H,23,25)/b17-10+. The molecule has 3 rings (SSSR count). The molecule has 0 unspecified atom stereocenters. The number of carbonyl (C=O) groups is 3. The number of halogens is 1. The molecular weight excluding hydrogens is 396 g/mol. The largest absolute Gasteiger partial charge is 0.324 e. The van der Waals surface area contributed by atoms with Crippen molar-refractivity contribution < 1.29 is 14.4 Å². The average molecular weight is 415 g/mol. The van der Waals surface area contributed by atoms with Crippen LogP contribution in [-0.2, 0) is 9.59 Å². The smallest absolute Gasteiger partial charge is 0.294 e. The Labute approximate surface area is 172 Å². The number of carbonyl (C=O) groups excluding carboxylic acids is 3. The van der Waals surface area contributed by atoms with Crippen molar-refractivity contribution in [2.45, 2.75) is 20.8 Å². The van der Waals surface area contributed by atoms with Gasteiger partial charge in [0.05, 0.1) is 4.91 Å². The number of hydrogen-bond acceptors (Lipinski definition) is 4. The molecule has 1 N–H and O–H groups in total. The van der Waals surface area contributed by atoms with Gasteiger partial charge in [0.1, 0.15) is 6.54 Å². The topological polar surface area (TPSA) is 66.5 Å². The fraction of sp³-hybridized carbons (Fsp3) is 0.190. The van der Waals surface area contributed by atoms with E-state index in [1.807, 2.05) is 32.9 Å². The molecule has 1 saturated heterocycles. The summed E-state index contributed by atoms with van der Waals surface area (Å²) in [4.78, 5) is 38.5. The molecule has 28 heavy (non-hydrogen) atoms. The number of thioether (sulfide) groups is 1. The summed E-state index contributed by atoms with van der Waals surface area (Å²) in [7, 11) is 0. The van der Waals surface area contributed by atoms with Gasteiger partial charge in [-0.05, 0) is 67.4 Å². The van der Waals surface area contributed by atoms with Gasteiger partial charge in [-0.15, -0.1) is 0 Å². The maximum Gasteiger partial charge on any atom is 0.294 e. The van der Waals surface area contributed by atoms with E-state index in [1.54, 1.807) is 30.3 Å². The number of anilines is 1. The van der Waals surface area contributed by atoms with Gasteiger partial charge in [0.2, 0.25) is 5.91 Å². The minimum atomic E-state index is -0.475. The van der Waals surface area contributed by atoms with Crippen molar-refractivity contribution in [3.8, 4) is 0 Å². The minimum Gasteiger partial charge on any atom is -0.324 e. The molecule has 1 heterocycles. The van der Waals surface area contributed by atoms with E-state index in [0.29, 0.717) is 10.7 Å². The molecule has 0 radical (unpaired) electrons. The zero-order valence-electron chi connectivity index (χ0n) is 15.7. The number of nitrogens with one attached hydrogen (secondary N) is 1. The Morgan fingerprint density at radius 3 is 2.32 bits per heavy atom. The summed E-state index contributed by atoms with van der Waals surface area (Å²) >= 11 is 6.68. The molecule has 2 aromatic carbocycles. The van der Waals surface area contributed by atoms with Crippen LogP contribution in [-0.4, -0.2) is 28.5 Å². The van der Waals surface area contributed by atoms with Gasteiger partial charge in [0, 0.05) is 10.7 Å². The van der Waals surface area contributed by atoms with E-state index < -0.39 is 17.1 Å². The number of imide groups is 1. The molecule has 0 atom stereocenters. The van der Waals surface area contributed by atoms with Crippen LogP contribution >= 0.6 is 23.4 Å². The molecule has 0 spiro atoms. The van der Waals surface area contributed by atoms with Gasteiger partial charge in [0.15, 0.2) is 0 Å². The summed E-state index contributed by atoms with van der Waals surface area (Å²) in [6.45, 7) is 5.48. The van der Waals surface area contributed by atoms with Crippen LogP contribution in [0.4, 0.5) is 10.5 Å². The van der Waals surface area contributed by atoms with Crippen molar-refractivity contribution in [3.05, 3.63) is 68.6 Å². The van der Waals surface area contributed by atoms with Crippen LogP contribution in [0.15, 0.2) is 41.3 Å². The first-order valence-corrected chi connectivity index (χ1v) is 9.82. The third kappa shape index (κ3) is 4.46. The Bertz CT molecular complexity index is 976. The second-order valence-corrected chi connectivity index (χ2v) is 8.07. The first-order chi connectivity index (χ1) is 13.2. The first-order valence-electron chi connectivity index (χ1n) is 8.63. The van der Waals surface area contributed by atoms with Crippen LogP contribution in [0.1, 0.15) is 22.3 Å². The molecular formula is C21H19ClN2O3S. The van der Waals surface area contributed by atoms with E-state index in [2.05, 4.69) is 5.32 Å². The number of benzene rings is 2. The molecule has 5 nitrogen and oxygen atoms in total. The van der Waals surface area contributed by atoms with Gasteiger partial charge in [-0.3, -0.25) is 19.3 Å². The second kappa shape index (κ2) is 8.20. The molecule has 7 heteroatoms. The summed E-state index contributed by atoms with van der Waals surface area (Å²) in [6.07, 6.45) is 1.62. The lowest BCUT2D eigenvalue weighted by Gasteiger charge is -2.15. The van der Waals surface area contributed by atoms with E-state index >= 15 is 0 Å². The quantitative estimate of drug-likeness (QED) is 0.719. The van der Waals surface area contributed by atoms with E-state index in [9.17, 15) is 14.4 Å². The summed E-state index contributed by atoms with van der Waals surface area (Å²) in [6, 6.07) is 10.9. The molecule has 0 aliphatic carbocycles. The van der Waals surface area contributed by atoms with Gasteiger partial charge in [-0.1, -0.05) is 41.4 Å². The number of hydrogen-bond donors (Lipinski definition) is 1. The Morgan fingerprint density at radius 2 is 1.71 bits per heavy atom. The van der Waals surface area contributed by atoms with Gasteiger partial charge in [-0.2, -0.15) is 0 Å². The first kappa shape index (κ1) is 20.2. The zero-order valence-corrected chi connectivity index (χ0v) is 17.3. The summed E-state index contributed by atoms with van der Waals surface area (Å²) in [5.74, 6) is -0.887. The van der Waals surface area contributed by atoms with Crippen LogP contribution in [0.5, 0.6) is 0 Å². The number of nitrogens with zero attached hydrogens (tertiary/aromatic N) is 1. The molecule has 3 amide bonds. The lowest BCUT2D eigenvalue weighted by molar-refractivity contribution is -0.127. The van der Waals surface area contributed by atoms with Crippen LogP contribution < -0.4 is 5.32 Å². The third-order valence-electron chi connectivity index (χ3n) is 4.28. The van der Waals surface area contributed by atoms with Crippen molar-refractivity contribution >= 4 is 52.2 Å². The lowest BCUT2D eigenvalue weighted by atomic mass is 10.1. The van der Waals surface area contributed by atoms with Crippen LogP contribution in [0.2, 0.25) is 5.02 Å². The van der Waals surface area contributed by atoms with Crippen molar-refractivity contribution in [1.29, 1.82) is 0 Å². The number of rotatable bonds is 4. The molecule has 0 bridgehead atoms. The third-order valence-corrected chi connectivity index (χ3v) is 5.44. The van der Waals surface area contributed by atoms with Gasteiger partial charge in [-0.25, -0.2) is 0 Å². The van der Waals surface area contributed by atoms with E-state index in [0.717, 1.165) is 38.9 Å². The zero-order chi connectivity index (χ0) is 20.4. The lowest BCUT2D eigenvalue weighted by Crippen LogP contribution is -2.36. The molecule has 1 aliphatic rings. The minimum absolute atomic E-state index is 0.280. The highest BCUT2D eigenvalue weighted by Gasteiger charge is 2.36. The predicted octanol–water partition coefficient (Wildman–Crippen LogP) is 4.94. The van der Waals surface area contributed by atoms with Gasteiger partial charge < -0.3 is 5.32 Å². The SMILES string of the molecule is Cc1cc(C)c(NC(=O)CN2C(=O)S/C(=C/c3ccc(Cl)cc3)C2=O)c(C)c1. The predicted molar refractivity (Wildman–Crippen MR) is 113 cm³/mol. The maximum absolute atomic E-state index is 12.6. The van der Waals surface area contributed by atoms with Gasteiger partial charge >= 0.3 is 0 Å². The Morgan fingerprint density at radius 1 is 1.11 bits per heavy atom. The molecule has 0 aromatic heterocycles. The fourth-order valence-electron chi connectivity index (χ4n) is 3.05. The van der Waals surface area contributed by atoms with Crippen molar-refractivity contribution in [2.24, 2.45) is 0 Å². The maximum atomic E-state index is 12.6. The van der Waals surface area contributed by atoms with Crippen LogP contribution in [0.3, 0.4) is 0 Å².